The second kappa shape index (κ2) is 10.6. The summed E-state index contributed by atoms with van der Waals surface area (Å²) in [5.41, 5.74) is 2.95. The molecule has 136 valence electrons. The zero-order valence-electron chi connectivity index (χ0n) is 14.8. The third-order valence-electron chi connectivity index (χ3n) is 4.86. The molecule has 1 aliphatic carbocycles. The van der Waals surface area contributed by atoms with E-state index in [0.717, 1.165) is 36.5 Å². The highest BCUT2D eigenvalue weighted by Crippen LogP contribution is 2.43. The normalized spacial score (nSPS) is 16.1. The highest BCUT2D eigenvalue weighted by Gasteiger charge is 2.36. The number of nitrogens with zero attached hydrogens (tertiary/aromatic N) is 1. The van der Waals surface area contributed by atoms with E-state index in [4.69, 9.17) is 4.74 Å². The minimum atomic E-state index is 0. The Labute approximate surface area is 171 Å². The van der Waals surface area contributed by atoms with Gasteiger partial charge in [-0.2, -0.15) is 0 Å². The summed E-state index contributed by atoms with van der Waals surface area (Å²) in [5, 5.41) is 6.91. The smallest absolute Gasteiger partial charge is 0.191 e. The van der Waals surface area contributed by atoms with Gasteiger partial charge in [-0.3, -0.25) is 4.99 Å². The van der Waals surface area contributed by atoms with Crippen LogP contribution in [0, 0.1) is 12.3 Å². The Morgan fingerprint density at radius 1 is 1.33 bits per heavy atom. The first-order chi connectivity index (χ1) is 11.1. The molecule has 0 spiro atoms. The van der Waals surface area contributed by atoms with Crippen molar-refractivity contribution in [3.05, 3.63) is 33.8 Å². The molecule has 1 saturated carbocycles. The van der Waals surface area contributed by atoms with Crippen LogP contribution in [0.3, 0.4) is 0 Å². The lowest BCUT2D eigenvalue weighted by molar-refractivity contribution is 0.0732. The molecule has 0 aliphatic heterocycles. The van der Waals surface area contributed by atoms with Gasteiger partial charge in [0.1, 0.15) is 0 Å². The molecule has 2 N–H and O–H groups in total. The Morgan fingerprint density at radius 2 is 2.08 bits per heavy atom. The van der Waals surface area contributed by atoms with Crippen molar-refractivity contribution < 1.29 is 4.74 Å². The van der Waals surface area contributed by atoms with Gasteiger partial charge in [-0.1, -0.05) is 28.4 Å². The lowest BCUT2D eigenvalue weighted by Gasteiger charge is -2.42. The first-order valence-corrected chi connectivity index (χ1v) is 9.06. The molecule has 1 fully saturated rings. The summed E-state index contributed by atoms with van der Waals surface area (Å²) < 4.78 is 6.37. The Kier molecular flexibility index (Phi) is 9.59. The zero-order valence-corrected chi connectivity index (χ0v) is 18.7. The number of ether oxygens (including phenoxy) is 1. The lowest BCUT2D eigenvalue weighted by Crippen LogP contribution is -2.46. The number of aliphatic imine (C=N–C) groups is 1. The second-order valence-electron chi connectivity index (χ2n) is 6.45. The standard InChI is InChI=1S/C18H28BrN3O.HI/c1-14-11-16(19)6-5-15(14)12-21-17(20-2)22-13-18(7-4-8-18)9-10-23-3;/h5-6,11H,4,7-10,12-13H2,1-3H3,(H2,20,21,22);1H. The molecule has 0 radical (unpaired) electrons. The highest BCUT2D eigenvalue weighted by molar-refractivity contribution is 14.0. The molecule has 0 amide bonds. The van der Waals surface area contributed by atoms with E-state index < -0.39 is 0 Å². The second-order valence-corrected chi connectivity index (χ2v) is 7.36. The average molecular weight is 510 g/mol. The van der Waals surface area contributed by atoms with Crippen molar-refractivity contribution in [3.63, 3.8) is 0 Å². The van der Waals surface area contributed by atoms with E-state index in [0.29, 0.717) is 5.41 Å². The molecule has 1 aromatic carbocycles. The molecule has 0 atom stereocenters. The summed E-state index contributed by atoms with van der Waals surface area (Å²) in [4.78, 5) is 4.35. The van der Waals surface area contributed by atoms with E-state index in [9.17, 15) is 0 Å². The van der Waals surface area contributed by atoms with Crippen LogP contribution in [0.1, 0.15) is 36.8 Å². The number of guanidine groups is 1. The molecule has 0 heterocycles. The number of benzene rings is 1. The van der Waals surface area contributed by atoms with Crippen molar-refractivity contribution in [1.29, 1.82) is 0 Å². The molecule has 24 heavy (non-hydrogen) atoms. The Balaban J connectivity index is 0.00000288. The van der Waals surface area contributed by atoms with Crippen LogP contribution in [-0.4, -0.2) is 33.3 Å². The summed E-state index contributed by atoms with van der Waals surface area (Å²) in [5.74, 6) is 0.871. The van der Waals surface area contributed by atoms with Gasteiger partial charge in [-0.15, -0.1) is 24.0 Å². The highest BCUT2D eigenvalue weighted by atomic mass is 127. The SMILES string of the molecule is CN=C(NCc1ccc(Br)cc1C)NCC1(CCOC)CCC1.I. The largest absolute Gasteiger partial charge is 0.385 e. The van der Waals surface area contributed by atoms with E-state index >= 15 is 0 Å². The zero-order chi connectivity index (χ0) is 16.7. The number of rotatable bonds is 7. The van der Waals surface area contributed by atoms with Crippen LogP contribution in [0.5, 0.6) is 0 Å². The van der Waals surface area contributed by atoms with Crippen LogP contribution >= 0.6 is 39.9 Å². The first kappa shape index (κ1) is 21.7. The monoisotopic (exact) mass is 509 g/mol. The first-order valence-electron chi connectivity index (χ1n) is 8.27. The molecule has 0 aromatic heterocycles. The van der Waals surface area contributed by atoms with Crippen molar-refractivity contribution in [2.75, 3.05) is 27.3 Å². The summed E-state index contributed by atoms with van der Waals surface area (Å²) in [6, 6.07) is 6.36. The van der Waals surface area contributed by atoms with E-state index in [2.05, 4.69) is 56.7 Å². The minimum Gasteiger partial charge on any atom is -0.385 e. The Bertz CT molecular complexity index is 547. The lowest BCUT2D eigenvalue weighted by atomic mass is 9.67. The van der Waals surface area contributed by atoms with Crippen molar-refractivity contribution in [2.45, 2.75) is 39.2 Å². The summed E-state index contributed by atoms with van der Waals surface area (Å²) >= 11 is 3.50. The van der Waals surface area contributed by atoms with Gasteiger partial charge in [0.15, 0.2) is 5.96 Å². The molecule has 1 aliphatic rings. The van der Waals surface area contributed by atoms with Crippen LogP contribution in [-0.2, 0) is 11.3 Å². The van der Waals surface area contributed by atoms with Crippen LogP contribution in [0.2, 0.25) is 0 Å². The molecule has 4 nitrogen and oxygen atoms in total. The van der Waals surface area contributed by atoms with Crippen molar-refractivity contribution >= 4 is 45.9 Å². The van der Waals surface area contributed by atoms with Crippen LogP contribution in [0.15, 0.2) is 27.7 Å². The van der Waals surface area contributed by atoms with E-state index in [1.54, 1.807) is 7.11 Å². The fourth-order valence-electron chi connectivity index (χ4n) is 3.04. The van der Waals surface area contributed by atoms with Gasteiger partial charge in [0.2, 0.25) is 0 Å². The van der Waals surface area contributed by atoms with Crippen LogP contribution in [0.4, 0.5) is 0 Å². The number of hydrogen-bond donors (Lipinski definition) is 2. The fourth-order valence-corrected chi connectivity index (χ4v) is 3.51. The summed E-state index contributed by atoms with van der Waals surface area (Å²) in [6.07, 6.45) is 5.02. The maximum Gasteiger partial charge on any atom is 0.191 e. The molecule has 1 aromatic rings. The van der Waals surface area contributed by atoms with Crippen molar-refractivity contribution in [3.8, 4) is 0 Å². The molecule has 0 bridgehead atoms. The van der Waals surface area contributed by atoms with Crippen molar-refractivity contribution in [1.82, 2.24) is 10.6 Å². The van der Waals surface area contributed by atoms with E-state index in [-0.39, 0.29) is 24.0 Å². The summed E-state index contributed by atoms with van der Waals surface area (Å²) in [6.45, 7) is 4.72. The number of methoxy groups -OCH3 is 1. The van der Waals surface area contributed by atoms with Crippen molar-refractivity contribution in [2.24, 2.45) is 10.4 Å². The van der Waals surface area contributed by atoms with Gasteiger partial charge in [0, 0.05) is 38.3 Å². The van der Waals surface area contributed by atoms with E-state index in [1.807, 2.05) is 7.05 Å². The molecule has 6 heteroatoms. The molecular weight excluding hydrogens is 481 g/mol. The quantitative estimate of drug-likeness (QED) is 0.328. The number of halogens is 2. The van der Waals surface area contributed by atoms with Gasteiger partial charge in [-0.25, -0.2) is 0 Å². The van der Waals surface area contributed by atoms with Gasteiger partial charge in [0.05, 0.1) is 0 Å². The maximum atomic E-state index is 5.26. The van der Waals surface area contributed by atoms with Crippen LogP contribution in [0.25, 0.3) is 0 Å². The third-order valence-corrected chi connectivity index (χ3v) is 5.35. The Morgan fingerprint density at radius 3 is 2.62 bits per heavy atom. The summed E-state index contributed by atoms with van der Waals surface area (Å²) in [7, 11) is 3.60. The fraction of sp³-hybridized carbons (Fsp3) is 0.611. The topological polar surface area (TPSA) is 45.7 Å². The Hall–Kier alpha value is -0.340. The maximum absolute atomic E-state index is 5.26. The molecule has 2 rings (SSSR count). The van der Waals surface area contributed by atoms with E-state index in [1.165, 1.54) is 30.4 Å². The van der Waals surface area contributed by atoms with Gasteiger partial charge in [0.25, 0.3) is 0 Å². The number of hydrogen-bond acceptors (Lipinski definition) is 2. The van der Waals surface area contributed by atoms with Crippen LogP contribution < -0.4 is 10.6 Å². The third kappa shape index (κ3) is 6.19. The van der Waals surface area contributed by atoms with Gasteiger partial charge in [-0.05, 0) is 54.9 Å². The number of aryl methyl sites for hydroxylation is 1. The molecule has 0 unspecified atom stereocenters. The number of nitrogens with one attached hydrogen (secondary N) is 2. The van der Waals surface area contributed by atoms with Gasteiger partial charge >= 0.3 is 0 Å². The minimum absolute atomic E-state index is 0. The predicted octanol–water partition coefficient (Wildman–Crippen LogP) is 4.25. The molecule has 0 saturated heterocycles. The van der Waals surface area contributed by atoms with Gasteiger partial charge < -0.3 is 15.4 Å². The predicted molar refractivity (Wildman–Crippen MR) is 115 cm³/mol. The molecular formula is C18H29BrIN3O. The average Bonchev–Trinajstić information content (AvgIpc) is 2.50.